The van der Waals surface area contributed by atoms with Crippen LogP contribution in [0.3, 0.4) is 0 Å². The van der Waals surface area contributed by atoms with Crippen LogP contribution in [0.1, 0.15) is 5.56 Å². The Morgan fingerprint density at radius 1 is 1.53 bits per heavy atom. The third-order valence-corrected chi connectivity index (χ3v) is 1.98. The second kappa shape index (κ2) is 5.80. The van der Waals surface area contributed by atoms with E-state index in [4.69, 9.17) is 9.84 Å². The number of carbonyl (C=O) groups excluding carboxylic acids is 1. The SMILES string of the molecule is COC(=O)COc1cc(CO)ccc1[N+](=O)[O-]. The van der Waals surface area contributed by atoms with Gasteiger partial charge >= 0.3 is 11.7 Å². The number of carbonyl (C=O) groups is 1. The number of benzene rings is 1. The normalized spacial score (nSPS) is 9.76. The molecule has 7 nitrogen and oxygen atoms in total. The molecule has 0 fully saturated rings. The third-order valence-electron chi connectivity index (χ3n) is 1.98. The molecule has 0 spiro atoms. The molecule has 0 radical (unpaired) electrons. The summed E-state index contributed by atoms with van der Waals surface area (Å²) in [6, 6.07) is 3.92. The Morgan fingerprint density at radius 3 is 2.76 bits per heavy atom. The molecular formula is C10H11NO6. The highest BCUT2D eigenvalue weighted by Gasteiger charge is 2.16. The molecule has 1 rings (SSSR count). The second-order valence-corrected chi connectivity index (χ2v) is 3.08. The van der Waals surface area contributed by atoms with Gasteiger partial charge in [0.05, 0.1) is 18.6 Å². The van der Waals surface area contributed by atoms with Crippen molar-refractivity contribution in [2.24, 2.45) is 0 Å². The fourth-order valence-corrected chi connectivity index (χ4v) is 1.12. The Bertz CT molecular complexity index is 431. The van der Waals surface area contributed by atoms with Gasteiger partial charge in [-0.2, -0.15) is 0 Å². The molecule has 7 heteroatoms. The van der Waals surface area contributed by atoms with E-state index in [-0.39, 0.29) is 18.0 Å². The number of nitrogens with zero attached hydrogens (tertiary/aromatic N) is 1. The first-order chi connectivity index (χ1) is 8.08. The number of aliphatic hydroxyl groups excluding tert-OH is 1. The molecule has 0 unspecified atom stereocenters. The van der Waals surface area contributed by atoms with Crippen LogP contribution in [0.5, 0.6) is 5.75 Å². The van der Waals surface area contributed by atoms with E-state index < -0.39 is 17.5 Å². The van der Waals surface area contributed by atoms with E-state index in [1.54, 1.807) is 0 Å². The van der Waals surface area contributed by atoms with Crippen molar-refractivity contribution in [1.29, 1.82) is 0 Å². The van der Waals surface area contributed by atoms with E-state index in [2.05, 4.69) is 4.74 Å². The molecule has 0 bridgehead atoms. The number of nitro groups is 1. The van der Waals surface area contributed by atoms with E-state index >= 15 is 0 Å². The van der Waals surface area contributed by atoms with E-state index in [1.807, 2.05) is 0 Å². The Labute approximate surface area is 96.7 Å². The molecule has 0 aliphatic rings. The quantitative estimate of drug-likeness (QED) is 0.461. The average molecular weight is 241 g/mol. The lowest BCUT2D eigenvalue weighted by molar-refractivity contribution is -0.385. The number of esters is 1. The van der Waals surface area contributed by atoms with Gasteiger partial charge in [-0.3, -0.25) is 10.1 Å². The summed E-state index contributed by atoms with van der Waals surface area (Å²) in [6.07, 6.45) is 0. The molecule has 0 heterocycles. The number of rotatable bonds is 5. The second-order valence-electron chi connectivity index (χ2n) is 3.08. The van der Waals surface area contributed by atoms with Crippen molar-refractivity contribution in [1.82, 2.24) is 0 Å². The van der Waals surface area contributed by atoms with Crippen LogP contribution in [0, 0.1) is 10.1 Å². The molecule has 0 atom stereocenters. The van der Waals surface area contributed by atoms with E-state index in [1.165, 1.54) is 25.3 Å². The minimum atomic E-state index is -0.645. The molecule has 0 saturated carbocycles. The van der Waals surface area contributed by atoms with Crippen molar-refractivity contribution in [3.63, 3.8) is 0 Å². The van der Waals surface area contributed by atoms with Crippen molar-refractivity contribution in [3.05, 3.63) is 33.9 Å². The Morgan fingerprint density at radius 2 is 2.24 bits per heavy atom. The van der Waals surface area contributed by atoms with Crippen LogP contribution in [0.4, 0.5) is 5.69 Å². The first-order valence-electron chi connectivity index (χ1n) is 4.66. The molecule has 1 aromatic carbocycles. The van der Waals surface area contributed by atoms with Crippen LogP contribution in [0.25, 0.3) is 0 Å². The van der Waals surface area contributed by atoms with Crippen LogP contribution in [0.15, 0.2) is 18.2 Å². The van der Waals surface area contributed by atoms with E-state index in [0.717, 1.165) is 0 Å². The Hall–Kier alpha value is -2.15. The summed E-state index contributed by atoms with van der Waals surface area (Å²) < 4.78 is 9.31. The predicted molar refractivity (Wildman–Crippen MR) is 56.5 cm³/mol. The third kappa shape index (κ3) is 3.42. The topological polar surface area (TPSA) is 98.9 Å². The van der Waals surface area contributed by atoms with Crippen molar-refractivity contribution in [2.45, 2.75) is 6.61 Å². The van der Waals surface area contributed by atoms with E-state index in [9.17, 15) is 14.9 Å². The average Bonchev–Trinajstić information content (AvgIpc) is 2.35. The zero-order valence-electron chi connectivity index (χ0n) is 9.08. The maximum atomic E-state index is 10.9. The maximum absolute atomic E-state index is 10.9. The number of methoxy groups -OCH3 is 1. The summed E-state index contributed by atoms with van der Waals surface area (Å²) in [5.41, 5.74) is 0.182. The van der Waals surface area contributed by atoms with E-state index in [0.29, 0.717) is 5.56 Å². The maximum Gasteiger partial charge on any atom is 0.343 e. The monoisotopic (exact) mass is 241 g/mol. The zero-order chi connectivity index (χ0) is 12.8. The fraction of sp³-hybridized carbons (Fsp3) is 0.300. The van der Waals surface area contributed by atoms with Gasteiger partial charge in [0.1, 0.15) is 0 Å². The fourth-order valence-electron chi connectivity index (χ4n) is 1.12. The molecule has 0 aromatic heterocycles. The smallest absolute Gasteiger partial charge is 0.343 e. The van der Waals surface area contributed by atoms with Gasteiger partial charge in [0, 0.05) is 6.07 Å². The highest BCUT2D eigenvalue weighted by Crippen LogP contribution is 2.27. The highest BCUT2D eigenvalue weighted by atomic mass is 16.6. The molecule has 1 N–H and O–H groups in total. The van der Waals surface area contributed by atoms with Gasteiger partial charge in [-0.25, -0.2) is 4.79 Å². The van der Waals surface area contributed by atoms with Gasteiger partial charge in [0.25, 0.3) is 0 Å². The zero-order valence-corrected chi connectivity index (χ0v) is 9.08. The van der Waals surface area contributed by atoms with Crippen LogP contribution in [-0.2, 0) is 16.1 Å². The largest absolute Gasteiger partial charge is 0.475 e. The summed E-state index contributed by atoms with van der Waals surface area (Å²) in [5.74, 6) is -0.722. The lowest BCUT2D eigenvalue weighted by Gasteiger charge is -2.06. The number of nitro benzene ring substituents is 1. The minimum Gasteiger partial charge on any atom is -0.475 e. The molecule has 0 saturated heterocycles. The van der Waals surface area contributed by atoms with Crippen molar-refractivity contribution < 1.29 is 24.3 Å². The van der Waals surface area contributed by atoms with Gasteiger partial charge in [0.15, 0.2) is 12.4 Å². The number of hydrogen-bond acceptors (Lipinski definition) is 6. The predicted octanol–water partition coefficient (Wildman–Crippen LogP) is 0.639. The number of ether oxygens (including phenoxy) is 2. The molecule has 0 aliphatic heterocycles. The molecule has 0 amide bonds. The van der Waals surface area contributed by atoms with Crippen molar-refractivity contribution >= 4 is 11.7 Å². The molecule has 17 heavy (non-hydrogen) atoms. The van der Waals surface area contributed by atoms with Crippen LogP contribution < -0.4 is 4.74 Å². The minimum absolute atomic E-state index is 0.0769. The van der Waals surface area contributed by atoms with Crippen LogP contribution in [0.2, 0.25) is 0 Å². The summed E-state index contributed by atoms with van der Waals surface area (Å²) in [7, 11) is 1.18. The molecular weight excluding hydrogens is 230 g/mol. The Balaban J connectivity index is 2.93. The highest BCUT2D eigenvalue weighted by molar-refractivity contribution is 5.71. The summed E-state index contributed by atoms with van der Waals surface area (Å²) in [4.78, 5) is 20.9. The van der Waals surface area contributed by atoms with Gasteiger partial charge in [-0.05, 0) is 17.7 Å². The van der Waals surface area contributed by atoms with Crippen molar-refractivity contribution in [2.75, 3.05) is 13.7 Å². The molecule has 1 aromatic rings. The lowest BCUT2D eigenvalue weighted by Crippen LogP contribution is -2.13. The standard InChI is InChI=1S/C10H11NO6/c1-16-10(13)6-17-9-4-7(5-12)2-3-8(9)11(14)15/h2-4,12H,5-6H2,1H3. The first kappa shape index (κ1) is 12.9. The van der Waals surface area contributed by atoms with Crippen LogP contribution >= 0.6 is 0 Å². The lowest BCUT2D eigenvalue weighted by atomic mass is 10.2. The van der Waals surface area contributed by atoms with Gasteiger partial charge in [-0.15, -0.1) is 0 Å². The number of aliphatic hydroxyl groups is 1. The van der Waals surface area contributed by atoms with Crippen molar-refractivity contribution in [3.8, 4) is 5.75 Å². The van der Waals surface area contributed by atoms with Crippen LogP contribution in [-0.4, -0.2) is 29.7 Å². The summed E-state index contributed by atoms with van der Waals surface area (Å²) in [6.45, 7) is -0.696. The van der Waals surface area contributed by atoms with Gasteiger partial charge < -0.3 is 14.6 Å². The van der Waals surface area contributed by atoms with Gasteiger partial charge in [-0.1, -0.05) is 0 Å². The number of hydrogen-bond donors (Lipinski definition) is 1. The first-order valence-corrected chi connectivity index (χ1v) is 4.66. The molecule has 0 aliphatic carbocycles. The summed E-state index contributed by atoms with van der Waals surface area (Å²) >= 11 is 0. The van der Waals surface area contributed by atoms with Gasteiger partial charge in [0.2, 0.25) is 0 Å². The summed E-state index contributed by atoms with van der Waals surface area (Å²) in [5, 5.41) is 19.6. The Kier molecular flexibility index (Phi) is 4.41. The molecule has 92 valence electrons.